The highest BCUT2D eigenvalue weighted by atomic mass is 14.1. The Labute approximate surface area is 119 Å². The van der Waals surface area contributed by atoms with Crippen LogP contribution in [-0.2, 0) is 6.42 Å². The van der Waals surface area contributed by atoms with Crippen molar-refractivity contribution in [3.63, 3.8) is 0 Å². The molecule has 0 nitrogen and oxygen atoms in total. The summed E-state index contributed by atoms with van der Waals surface area (Å²) < 4.78 is 74.0. The van der Waals surface area contributed by atoms with Gasteiger partial charge in [0.2, 0.25) is 0 Å². The molecule has 1 aliphatic rings. The van der Waals surface area contributed by atoms with E-state index in [-0.39, 0.29) is 51.8 Å². The average Bonchev–Trinajstić information content (AvgIpc) is 2.64. The number of hydrogen-bond donors (Lipinski definition) is 0. The van der Waals surface area contributed by atoms with Gasteiger partial charge in [-0.2, -0.15) is 0 Å². The molecule has 4 rings (SSSR count). The van der Waals surface area contributed by atoms with Crippen molar-refractivity contribution in [2.45, 2.75) is 12.8 Å². The zero-order chi connectivity index (χ0) is 19.8. The van der Waals surface area contributed by atoms with Crippen LogP contribution in [0.5, 0.6) is 0 Å². The van der Waals surface area contributed by atoms with Crippen molar-refractivity contribution in [3.8, 4) is 0 Å². The van der Waals surface area contributed by atoms with E-state index in [9.17, 15) is 0 Å². The molecule has 0 spiro atoms. The fraction of sp³-hybridized carbons (Fsp3) is 0.111. The summed E-state index contributed by atoms with van der Waals surface area (Å²) in [4.78, 5) is 0. The molecule has 0 bridgehead atoms. The van der Waals surface area contributed by atoms with Crippen molar-refractivity contribution in [2.75, 3.05) is 0 Å². The van der Waals surface area contributed by atoms with E-state index in [1.807, 2.05) is 0 Å². The molecule has 0 fully saturated rings. The van der Waals surface area contributed by atoms with Crippen molar-refractivity contribution in [3.05, 3.63) is 65.5 Å². The van der Waals surface area contributed by atoms with Gasteiger partial charge in [0.05, 0.1) is 12.3 Å². The summed E-state index contributed by atoms with van der Waals surface area (Å²) in [6.45, 7) is 0. The van der Waals surface area contributed by atoms with Crippen molar-refractivity contribution >= 4 is 27.6 Å². The van der Waals surface area contributed by atoms with Crippen LogP contribution in [0.3, 0.4) is 0 Å². The summed E-state index contributed by atoms with van der Waals surface area (Å²) in [6, 6.07) is -2.22. The maximum atomic E-state index is 8.64. The third kappa shape index (κ3) is 1.39. The van der Waals surface area contributed by atoms with Gasteiger partial charge in [-0.05, 0) is 51.6 Å². The van der Waals surface area contributed by atoms with Crippen molar-refractivity contribution in [1.29, 1.82) is 0 Å². The summed E-state index contributed by atoms with van der Waals surface area (Å²) in [5.41, 5.74) is 0.922. The van der Waals surface area contributed by atoms with Crippen LogP contribution in [-0.4, -0.2) is 0 Å². The molecule has 0 N–H and O–H groups in total. The maximum absolute atomic E-state index is 8.64. The Bertz CT molecular complexity index is 1210. The predicted octanol–water partition coefficient (Wildman–Crippen LogP) is 4.95. The smallest absolute Gasteiger partial charge is 0.0636 e. The van der Waals surface area contributed by atoms with Crippen LogP contribution in [0.25, 0.3) is 27.6 Å². The van der Waals surface area contributed by atoms with Gasteiger partial charge in [0, 0.05) is 0 Å². The Morgan fingerprint density at radius 2 is 1.78 bits per heavy atom. The molecule has 3 aromatic rings. The molecule has 0 aromatic heterocycles. The number of allylic oxidation sites excluding steroid dienone is 1. The van der Waals surface area contributed by atoms with Crippen LogP contribution in [0.1, 0.15) is 29.9 Å². The highest BCUT2D eigenvalue weighted by molar-refractivity contribution is 6.08. The molecule has 86 valence electrons. The van der Waals surface area contributed by atoms with Crippen LogP contribution in [0.15, 0.2) is 54.4 Å². The zero-order valence-electron chi connectivity index (χ0n) is 18.5. The molecule has 3 aromatic carbocycles. The monoisotopic (exact) mass is 239 g/mol. The zero-order valence-corrected chi connectivity index (χ0v) is 9.49. The third-order valence-electron chi connectivity index (χ3n) is 3.13. The average molecular weight is 239 g/mol. The minimum Gasteiger partial charge on any atom is -0.0836 e. The van der Waals surface area contributed by atoms with E-state index in [0.717, 1.165) is 0 Å². The maximum Gasteiger partial charge on any atom is 0.0636 e. The summed E-state index contributed by atoms with van der Waals surface area (Å²) in [5.74, 6) is 0. The number of benzene rings is 3. The predicted molar refractivity (Wildman–Crippen MR) is 78.8 cm³/mol. The Morgan fingerprint density at radius 3 is 2.78 bits per heavy atom. The van der Waals surface area contributed by atoms with Gasteiger partial charge in [-0.3, -0.25) is 0 Å². The summed E-state index contributed by atoms with van der Waals surface area (Å²) >= 11 is 0. The van der Waals surface area contributed by atoms with Crippen LogP contribution in [0, 0.1) is 0 Å². The van der Waals surface area contributed by atoms with Gasteiger partial charge in [0.1, 0.15) is 0 Å². The summed E-state index contributed by atoms with van der Waals surface area (Å²) in [6.07, 6.45) is 2.33. The molecule has 0 heteroatoms. The molecule has 1 aliphatic carbocycles. The molecule has 0 radical (unpaired) electrons. The van der Waals surface area contributed by atoms with Crippen molar-refractivity contribution in [2.24, 2.45) is 0 Å². The second-order valence-electron chi connectivity index (χ2n) is 4.24. The van der Waals surface area contributed by atoms with E-state index < -0.39 is 18.1 Å². The van der Waals surface area contributed by atoms with Crippen molar-refractivity contribution < 1.29 is 12.3 Å². The summed E-state index contributed by atoms with van der Waals surface area (Å²) in [7, 11) is 0. The highest BCUT2D eigenvalue weighted by Gasteiger charge is 2.07. The SMILES string of the molecule is [2H]C1=Cc2c(c([2H])c3c([2H])c([2H])c4c([2H])c([2H])c([2H])c([2H])c4c3c2[2H])CC1. The molecule has 0 atom stereocenters. The minimum absolute atomic E-state index is 0.00689. The van der Waals surface area contributed by atoms with Gasteiger partial charge in [0.25, 0.3) is 0 Å². The molecule has 0 saturated heterocycles. The topological polar surface area (TPSA) is 0 Å². The lowest BCUT2D eigenvalue weighted by molar-refractivity contribution is 0.989. The Balaban J connectivity index is 2.41. The summed E-state index contributed by atoms with van der Waals surface area (Å²) in [5, 5.41) is 0.0110. The molecule has 18 heavy (non-hydrogen) atoms. The van der Waals surface area contributed by atoms with Crippen molar-refractivity contribution in [1.82, 2.24) is 0 Å². The highest BCUT2D eigenvalue weighted by Crippen LogP contribution is 2.30. The van der Waals surface area contributed by atoms with Gasteiger partial charge in [-0.15, -0.1) is 0 Å². The fourth-order valence-electron chi connectivity index (χ4n) is 2.25. The van der Waals surface area contributed by atoms with Crippen LogP contribution >= 0.6 is 0 Å². The van der Waals surface area contributed by atoms with E-state index in [0.29, 0.717) is 30.0 Å². The van der Waals surface area contributed by atoms with E-state index in [1.54, 1.807) is 0 Å². The van der Waals surface area contributed by atoms with Crippen LogP contribution < -0.4 is 0 Å². The Morgan fingerprint density at radius 1 is 0.889 bits per heavy atom. The minimum atomic E-state index is -0.497. The first-order valence-corrected chi connectivity index (χ1v) is 5.78. The van der Waals surface area contributed by atoms with E-state index >= 15 is 0 Å². The van der Waals surface area contributed by atoms with Gasteiger partial charge in [-0.1, -0.05) is 54.4 Å². The number of rotatable bonds is 0. The number of fused-ring (bicyclic) bond motifs is 4. The first-order chi connectivity index (χ1) is 12.7. The molecule has 0 aliphatic heterocycles. The van der Waals surface area contributed by atoms with Crippen LogP contribution in [0.4, 0.5) is 0 Å². The first kappa shape index (κ1) is 4.55. The lowest BCUT2D eigenvalue weighted by atomic mass is 9.92. The van der Waals surface area contributed by atoms with Gasteiger partial charge < -0.3 is 0 Å². The molecular formula is C18H14. The van der Waals surface area contributed by atoms with Gasteiger partial charge in [0.15, 0.2) is 0 Å². The van der Waals surface area contributed by atoms with Gasteiger partial charge in [-0.25, -0.2) is 0 Å². The number of hydrogen-bond acceptors (Lipinski definition) is 0. The fourth-order valence-corrected chi connectivity index (χ4v) is 2.25. The quantitative estimate of drug-likeness (QED) is 0.487. The second-order valence-corrected chi connectivity index (χ2v) is 4.24. The van der Waals surface area contributed by atoms with Crippen LogP contribution in [0.2, 0.25) is 0 Å². The molecule has 0 saturated carbocycles. The largest absolute Gasteiger partial charge is 0.0836 e. The lowest BCUT2D eigenvalue weighted by Crippen LogP contribution is -1.94. The van der Waals surface area contributed by atoms with E-state index in [2.05, 4.69) is 0 Å². The normalized spacial score (nSPS) is 21.6. The van der Waals surface area contributed by atoms with E-state index in [4.69, 9.17) is 12.3 Å². The van der Waals surface area contributed by atoms with Gasteiger partial charge >= 0.3 is 0 Å². The van der Waals surface area contributed by atoms with E-state index in [1.165, 1.54) is 6.08 Å². The standard InChI is InChI=1S/C18H14/c1-2-7-15-12-18-16(11-14(15)6-1)10-9-13-5-3-4-8-17(13)18/h2-5,7-12H,1,6H2/i2D,3D,4D,5D,8D,9D,10D,11D,12D. The molecule has 0 heterocycles. The Hall–Kier alpha value is -2.08. The Kier molecular flexibility index (Phi) is 0.937. The lowest BCUT2D eigenvalue weighted by Gasteiger charge is -2.13. The first-order valence-electron chi connectivity index (χ1n) is 10.3. The molecule has 0 amide bonds. The second kappa shape index (κ2) is 3.71. The molecular weight excluding hydrogens is 216 g/mol. The molecule has 0 unspecified atom stereocenters. The third-order valence-corrected chi connectivity index (χ3v) is 3.13.